The van der Waals surface area contributed by atoms with E-state index in [-0.39, 0.29) is 43.3 Å². The third-order valence-electron chi connectivity index (χ3n) is 5.73. The van der Waals surface area contributed by atoms with Crippen molar-refractivity contribution in [2.24, 2.45) is 22.2 Å². The molecule has 0 spiro atoms. The minimum Gasteiger partial charge on any atom is -0.508 e. The summed E-state index contributed by atoms with van der Waals surface area (Å²) in [4.78, 5) is 53.8. The Balaban J connectivity index is 2.18. The van der Waals surface area contributed by atoms with Gasteiger partial charge in [0.05, 0.1) is 6.04 Å². The highest BCUT2D eigenvalue weighted by Crippen LogP contribution is 2.13. The molecular formula is C26H35N7O7. The monoisotopic (exact) mass is 557 g/mol. The molecule has 0 aliphatic heterocycles. The molecule has 2 aromatic carbocycles. The van der Waals surface area contributed by atoms with E-state index in [9.17, 15) is 29.4 Å². The number of aliphatic carboxylic acids is 1. The number of aromatic hydroxyl groups is 2. The maximum atomic E-state index is 13.3. The largest absolute Gasteiger partial charge is 0.508 e. The van der Waals surface area contributed by atoms with Crippen LogP contribution in [0.2, 0.25) is 0 Å². The summed E-state index contributed by atoms with van der Waals surface area (Å²) in [5.74, 6) is -3.41. The number of amides is 3. The Morgan fingerprint density at radius 2 is 1.30 bits per heavy atom. The van der Waals surface area contributed by atoms with Crippen molar-refractivity contribution in [2.45, 2.75) is 43.8 Å². The van der Waals surface area contributed by atoms with Crippen molar-refractivity contribution in [3.05, 3.63) is 59.7 Å². The molecule has 14 heteroatoms. The van der Waals surface area contributed by atoms with E-state index in [1.165, 1.54) is 24.3 Å². The number of carboxylic acid groups (broad SMARTS) is 1. The summed E-state index contributed by atoms with van der Waals surface area (Å²) in [7, 11) is 0. The summed E-state index contributed by atoms with van der Waals surface area (Å²) in [5, 5.41) is 35.3. The van der Waals surface area contributed by atoms with Crippen LogP contribution in [-0.4, -0.2) is 76.2 Å². The van der Waals surface area contributed by atoms with Gasteiger partial charge in [-0.1, -0.05) is 24.3 Å². The highest BCUT2D eigenvalue weighted by molar-refractivity contribution is 5.93. The van der Waals surface area contributed by atoms with Gasteiger partial charge in [-0.05, 0) is 54.7 Å². The molecule has 0 radical (unpaired) electrons. The number of guanidine groups is 1. The summed E-state index contributed by atoms with van der Waals surface area (Å²) < 4.78 is 0. The number of rotatable bonds is 15. The van der Waals surface area contributed by atoms with E-state index < -0.39 is 48.4 Å². The molecule has 0 saturated heterocycles. The smallest absolute Gasteiger partial charge is 0.322 e. The SMILES string of the molecule is NC(N)=NCCCC(NC(=O)C(N)Cc1ccc(O)cc1)C(=O)NC(Cc1ccc(O)cc1)C(=O)NCC(=O)O. The molecule has 216 valence electrons. The van der Waals surface area contributed by atoms with Crippen LogP contribution in [0.1, 0.15) is 24.0 Å². The highest BCUT2D eigenvalue weighted by Gasteiger charge is 2.28. The molecule has 0 aromatic heterocycles. The van der Waals surface area contributed by atoms with Crippen molar-refractivity contribution in [1.82, 2.24) is 16.0 Å². The molecule has 2 aromatic rings. The van der Waals surface area contributed by atoms with E-state index >= 15 is 0 Å². The minimum atomic E-state index is -1.27. The maximum Gasteiger partial charge on any atom is 0.322 e. The molecule has 0 aliphatic rings. The Hall–Kier alpha value is -4.85. The van der Waals surface area contributed by atoms with E-state index in [1.54, 1.807) is 24.3 Å². The summed E-state index contributed by atoms with van der Waals surface area (Å²) in [5.41, 5.74) is 18.0. The number of nitrogens with zero attached hydrogens (tertiary/aromatic N) is 1. The van der Waals surface area contributed by atoms with E-state index in [1.807, 2.05) is 0 Å². The van der Waals surface area contributed by atoms with Gasteiger partial charge in [0.1, 0.15) is 30.1 Å². The number of phenolic OH excluding ortho intramolecular Hbond substituents is 2. The molecule has 0 aliphatic carbocycles. The first-order valence-electron chi connectivity index (χ1n) is 12.4. The molecule has 0 fully saturated rings. The number of hydrogen-bond acceptors (Lipinski definition) is 8. The third-order valence-corrected chi connectivity index (χ3v) is 5.73. The zero-order valence-corrected chi connectivity index (χ0v) is 21.7. The van der Waals surface area contributed by atoms with E-state index in [2.05, 4.69) is 20.9 Å². The Morgan fingerprint density at radius 1 is 0.775 bits per heavy atom. The lowest BCUT2D eigenvalue weighted by Crippen LogP contribution is -2.56. The predicted octanol–water partition coefficient (Wildman–Crippen LogP) is -1.57. The van der Waals surface area contributed by atoms with Crippen molar-refractivity contribution in [3.8, 4) is 11.5 Å². The molecule has 3 amide bonds. The third kappa shape index (κ3) is 11.3. The van der Waals surface area contributed by atoms with Gasteiger partial charge in [-0.15, -0.1) is 0 Å². The van der Waals surface area contributed by atoms with E-state index in [4.69, 9.17) is 22.3 Å². The summed E-state index contributed by atoms with van der Waals surface area (Å²) in [6, 6.07) is 8.73. The minimum absolute atomic E-state index is 0.00635. The zero-order valence-electron chi connectivity index (χ0n) is 21.7. The van der Waals surface area contributed by atoms with Gasteiger partial charge in [-0.2, -0.15) is 0 Å². The summed E-state index contributed by atoms with van der Waals surface area (Å²) in [6.45, 7) is -0.483. The van der Waals surface area contributed by atoms with E-state index in [0.717, 1.165) is 0 Å². The van der Waals surface area contributed by atoms with Gasteiger partial charge < -0.3 is 48.5 Å². The summed E-state index contributed by atoms with van der Waals surface area (Å²) in [6.07, 6.45) is 0.516. The average Bonchev–Trinajstić information content (AvgIpc) is 2.90. The van der Waals surface area contributed by atoms with Crippen LogP contribution >= 0.6 is 0 Å². The Bertz CT molecular complexity index is 1180. The molecule has 14 nitrogen and oxygen atoms in total. The van der Waals surface area contributed by atoms with Crippen molar-refractivity contribution >= 4 is 29.7 Å². The zero-order chi connectivity index (χ0) is 29.7. The fourth-order valence-corrected chi connectivity index (χ4v) is 3.67. The van der Waals surface area contributed by atoms with Crippen LogP contribution in [0.25, 0.3) is 0 Å². The van der Waals surface area contributed by atoms with E-state index in [0.29, 0.717) is 17.5 Å². The quantitative estimate of drug-likeness (QED) is 0.0690. The van der Waals surface area contributed by atoms with Gasteiger partial charge in [0.2, 0.25) is 17.7 Å². The van der Waals surface area contributed by atoms with Crippen LogP contribution in [0.4, 0.5) is 0 Å². The second-order valence-electron chi connectivity index (χ2n) is 9.03. The number of nitrogens with two attached hydrogens (primary N) is 3. The molecule has 3 atom stereocenters. The standard InChI is InChI=1S/C26H35N7O7/c27-19(12-15-3-7-17(34)8-4-15)23(38)32-20(2-1-11-30-26(28)29)25(40)33-21(24(39)31-14-22(36)37)13-16-5-9-18(35)10-6-16/h3-10,19-21,34-35H,1-2,11-14,27H2,(H,31,39)(H,32,38)(H,33,40)(H,36,37)(H4,28,29,30). The molecular weight excluding hydrogens is 522 g/mol. The number of carboxylic acids is 1. The van der Waals surface area contributed by atoms with Crippen LogP contribution in [0.5, 0.6) is 11.5 Å². The van der Waals surface area contributed by atoms with Crippen LogP contribution in [-0.2, 0) is 32.0 Å². The van der Waals surface area contributed by atoms with Gasteiger partial charge >= 0.3 is 5.97 Å². The first kappa shape index (κ1) is 31.4. The normalized spacial score (nSPS) is 12.8. The molecule has 0 heterocycles. The lowest BCUT2D eigenvalue weighted by Gasteiger charge is -2.24. The maximum absolute atomic E-state index is 13.3. The Labute approximate surface area is 230 Å². The number of carbonyl (C=O) groups excluding carboxylic acids is 3. The predicted molar refractivity (Wildman–Crippen MR) is 146 cm³/mol. The van der Waals surface area contributed by atoms with Crippen molar-refractivity contribution in [2.75, 3.05) is 13.1 Å². The lowest BCUT2D eigenvalue weighted by atomic mass is 10.0. The van der Waals surface area contributed by atoms with Crippen molar-refractivity contribution in [3.63, 3.8) is 0 Å². The Kier molecular flexibility index (Phi) is 12.2. The van der Waals surface area contributed by atoms with Gasteiger partial charge in [0, 0.05) is 13.0 Å². The molecule has 2 rings (SSSR count). The second-order valence-corrected chi connectivity index (χ2v) is 9.03. The molecule has 3 unspecified atom stereocenters. The number of benzene rings is 2. The molecule has 40 heavy (non-hydrogen) atoms. The molecule has 12 N–H and O–H groups in total. The van der Waals surface area contributed by atoms with Gasteiger partial charge in [-0.3, -0.25) is 24.2 Å². The first-order chi connectivity index (χ1) is 18.9. The van der Waals surface area contributed by atoms with Crippen LogP contribution < -0.4 is 33.2 Å². The second kappa shape index (κ2) is 15.5. The van der Waals surface area contributed by atoms with Gasteiger partial charge in [-0.25, -0.2) is 0 Å². The van der Waals surface area contributed by atoms with Crippen LogP contribution in [0.15, 0.2) is 53.5 Å². The van der Waals surface area contributed by atoms with Crippen molar-refractivity contribution < 1.29 is 34.5 Å². The molecule has 0 saturated carbocycles. The van der Waals surface area contributed by atoms with Gasteiger partial charge in [0.25, 0.3) is 0 Å². The fourth-order valence-electron chi connectivity index (χ4n) is 3.67. The number of nitrogens with one attached hydrogen (secondary N) is 3. The topological polar surface area (TPSA) is 255 Å². The average molecular weight is 558 g/mol. The fraction of sp³-hybridized carbons (Fsp3) is 0.346. The van der Waals surface area contributed by atoms with Crippen LogP contribution in [0.3, 0.4) is 0 Å². The summed E-state index contributed by atoms with van der Waals surface area (Å²) >= 11 is 0. The first-order valence-corrected chi connectivity index (χ1v) is 12.4. The van der Waals surface area contributed by atoms with Crippen LogP contribution in [0, 0.1) is 0 Å². The number of carbonyl (C=O) groups is 4. The Morgan fingerprint density at radius 3 is 1.82 bits per heavy atom. The van der Waals surface area contributed by atoms with Gasteiger partial charge in [0.15, 0.2) is 5.96 Å². The number of phenols is 2. The van der Waals surface area contributed by atoms with Crippen molar-refractivity contribution in [1.29, 1.82) is 0 Å². The highest BCUT2D eigenvalue weighted by atomic mass is 16.4. The molecule has 0 bridgehead atoms. The number of aliphatic imine (C=N–C) groups is 1. The lowest BCUT2D eigenvalue weighted by molar-refractivity contribution is -0.138. The number of hydrogen-bond donors (Lipinski definition) is 9.